The van der Waals surface area contributed by atoms with Crippen LogP contribution in [0.1, 0.15) is 18.7 Å². The van der Waals surface area contributed by atoms with E-state index in [1.165, 1.54) is 0 Å². The molecule has 28 heavy (non-hydrogen) atoms. The van der Waals surface area contributed by atoms with Gasteiger partial charge in [0.15, 0.2) is 0 Å². The van der Waals surface area contributed by atoms with E-state index in [2.05, 4.69) is 25.8 Å². The summed E-state index contributed by atoms with van der Waals surface area (Å²) in [7, 11) is 0. The minimum absolute atomic E-state index is 0.0167. The number of nitrogens with zero attached hydrogens (tertiary/aromatic N) is 3. The Bertz CT molecular complexity index is 922. The molecule has 1 aromatic carbocycles. The van der Waals surface area contributed by atoms with Gasteiger partial charge in [0.05, 0.1) is 11.6 Å². The molecular formula is C20H21N5O3. The summed E-state index contributed by atoms with van der Waals surface area (Å²) >= 11 is 0. The molecule has 1 aliphatic rings. The molecule has 2 aromatic heterocycles. The van der Waals surface area contributed by atoms with Gasteiger partial charge in [-0.2, -0.15) is 4.98 Å². The molecule has 2 N–H and O–H groups in total. The quantitative estimate of drug-likeness (QED) is 0.649. The third kappa shape index (κ3) is 4.34. The second-order valence-electron chi connectivity index (χ2n) is 6.47. The Morgan fingerprint density at radius 2 is 2.14 bits per heavy atom. The molecule has 1 saturated heterocycles. The van der Waals surface area contributed by atoms with E-state index in [1.54, 1.807) is 12.3 Å². The van der Waals surface area contributed by atoms with Crippen LogP contribution in [0.3, 0.4) is 0 Å². The molecule has 1 amide bonds. The van der Waals surface area contributed by atoms with E-state index in [-0.39, 0.29) is 11.9 Å². The molecule has 0 radical (unpaired) electrons. The van der Waals surface area contributed by atoms with Crippen molar-refractivity contribution in [2.24, 2.45) is 0 Å². The Kier molecular flexibility index (Phi) is 5.58. The monoisotopic (exact) mass is 379 g/mol. The predicted molar refractivity (Wildman–Crippen MR) is 102 cm³/mol. The van der Waals surface area contributed by atoms with Crippen LogP contribution in [0.15, 0.2) is 53.2 Å². The van der Waals surface area contributed by atoms with E-state index in [0.29, 0.717) is 41.9 Å². The van der Waals surface area contributed by atoms with Crippen molar-refractivity contribution < 1.29 is 14.1 Å². The lowest BCUT2D eigenvalue weighted by Gasteiger charge is -2.09. The number of hydrogen-bond acceptors (Lipinski definition) is 7. The Balaban J connectivity index is 1.39. The molecule has 1 atom stereocenters. The van der Waals surface area contributed by atoms with Gasteiger partial charge in [0.2, 0.25) is 23.5 Å². The first-order valence-corrected chi connectivity index (χ1v) is 9.31. The van der Waals surface area contributed by atoms with Crippen molar-refractivity contribution in [3.8, 4) is 23.0 Å². The van der Waals surface area contributed by atoms with E-state index in [0.717, 1.165) is 19.4 Å². The van der Waals surface area contributed by atoms with Crippen molar-refractivity contribution >= 4 is 5.91 Å². The topological polar surface area (TPSA) is 102 Å². The predicted octanol–water partition coefficient (Wildman–Crippen LogP) is 2.33. The molecular weight excluding hydrogens is 358 g/mol. The number of ether oxygens (including phenoxy) is 1. The van der Waals surface area contributed by atoms with Crippen molar-refractivity contribution in [1.29, 1.82) is 0 Å². The summed E-state index contributed by atoms with van der Waals surface area (Å²) in [4.78, 5) is 20.7. The Morgan fingerprint density at radius 1 is 1.25 bits per heavy atom. The smallest absolute Gasteiger partial charge is 0.237 e. The van der Waals surface area contributed by atoms with Gasteiger partial charge in [-0.05, 0) is 43.7 Å². The van der Waals surface area contributed by atoms with Crippen molar-refractivity contribution in [3.63, 3.8) is 0 Å². The highest BCUT2D eigenvalue weighted by Gasteiger charge is 2.21. The van der Waals surface area contributed by atoms with E-state index in [9.17, 15) is 4.79 Å². The largest absolute Gasteiger partial charge is 0.438 e. The number of para-hydroxylation sites is 1. The molecule has 8 nitrogen and oxygen atoms in total. The van der Waals surface area contributed by atoms with Crippen molar-refractivity contribution in [2.75, 3.05) is 13.1 Å². The summed E-state index contributed by atoms with van der Waals surface area (Å²) in [5, 5.41) is 10.1. The maximum atomic E-state index is 12.0. The molecule has 1 unspecified atom stereocenters. The lowest BCUT2D eigenvalue weighted by molar-refractivity contribution is -0.122. The van der Waals surface area contributed by atoms with Gasteiger partial charge in [0, 0.05) is 19.2 Å². The lowest BCUT2D eigenvalue weighted by atomic mass is 10.2. The van der Waals surface area contributed by atoms with Crippen LogP contribution in [0, 0.1) is 0 Å². The van der Waals surface area contributed by atoms with Crippen LogP contribution in [0.25, 0.3) is 11.4 Å². The van der Waals surface area contributed by atoms with Gasteiger partial charge in [-0.15, -0.1) is 0 Å². The number of carbonyl (C=O) groups is 1. The molecule has 0 spiro atoms. The fourth-order valence-electron chi connectivity index (χ4n) is 3.03. The van der Waals surface area contributed by atoms with Gasteiger partial charge in [-0.3, -0.25) is 4.79 Å². The fourth-order valence-corrected chi connectivity index (χ4v) is 3.03. The summed E-state index contributed by atoms with van der Waals surface area (Å²) in [6, 6.07) is 12.9. The average Bonchev–Trinajstić information content (AvgIpc) is 3.42. The fraction of sp³-hybridized carbons (Fsp3) is 0.300. The molecule has 144 valence electrons. The maximum Gasteiger partial charge on any atom is 0.237 e. The SMILES string of the molecule is O=C(NCCc1nc(-c2cccnc2Oc2ccccc2)no1)C1CCCN1. The van der Waals surface area contributed by atoms with Crippen LogP contribution in [-0.4, -0.2) is 40.2 Å². The number of hydrogen-bond donors (Lipinski definition) is 2. The van der Waals surface area contributed by atoms with Crippen LogP contribution >= 0.6 is 0 Å². The van der Waals surface area contributed by atoms with Gasteiger partial charge in [0.25, 0.3) is 0 Å². The molecule has 1 fully saturated rings. The van der Waals surface area contributed by atoms with Crippen LogP contribution in [0.2, 0.25) is 0 Å². The number of benzene rings is 1. The zero-order valence-electron chi connectivity index (χ0n) is 15.3. The first-order valence-electron chi connectivity index (χ1n) is 9.31. The first kappa shape index (κ1) is 18.1. The van der Waals surface area contributed by atoms with E-state index >= 15 is 0 Å². The number of pyridine rings is 1. The third-order valence-electron chi connectivity index (χ3n) is 4.45. The van der Waals surface area contributed by atoms with Crippen molar-refractivity contribution in [1.82, 2.24) is 25.8 Å². The van der Waals surface area contributed by atoms with Crippen LogP contribution in [-0.2, 0) is 11.2 Å². The molecule has 0 saturated carbocycles. The second-order valence-corrected chi connectivity index (χ2v) is 6.47. The molecule has 8 heteroatoms. The lowest BCUT2D eigenvalue weighted by Crippen LogP contribution is -2.41. The summed E-state index contributed by atoms with van der Waals surface area (Å²) < 4.78 is 11.2. The summed E-state index contributed by atoms with van der Waals surface area (Å²) in [5.41, 5.74) is 0.639. The zero-order chi connectivity index (χ0) is 19.2. The minimum atomic E-state index is -0.0914. The van der Waals surface area contributed by atoms with Gasteiger partial charge >= 0.3 is 0 Å². The summed E-state index contributed by atoms with van der Waals surface area (Å²) in [6.07, 6.45) is 4.02. The highest BCUT2D eigenvalue weighted by Crippen LogP contribution is 2.29. The normalized spacial score (nSPS) is 16.1. The van der Waals surface area contributed by atoms with E-state index in [4.69, 9.17) is 9.26 Å². The Labute approximate surface area is 162 Å². The van der Waals surface area contributed by atoms with Crippen LogP contribution in [0.4, 0.5) is 0 Å². The van der Waals surface area contributed by atoms with Crippen molar-refractivity contribution in [3.05, 3.63) is 54.6 Å². The average molecular weight is 379 g/mol. The van der Waals surface area contributed by atoms with E-state index < -0.39 is 0 Å². The van der Waals surface area contributed by atoms with Crippen molar-refractivity contribution in [2.45, 2.75) is 25.3 Å². The first-order chi connectivity index (χ1) is 13.8. The van der Waals surface area contributed by atoms with Gasteiger partial charge in [0.1, 0.15) is 5.75 Å². The third-order valence-corrected chi connectivity index (χ3v) is 4.45. The number of carbonyl (C=O) groups excluding carboxylic acids is 1. The second kappa shape index (κ2) is 8.62. The number of nitrogens with one attached hydrogen (secondary N) is 2. The summed E-state index contributed by atoms with van der Waals surface area (Å²) in [6.45, 7) is 1.34. The standard InChI is InChI=1S/C20H21N5O3/c26-19(16-9-5-11-21-16)22-13-10-17-24-18(25-28-17)15-8-4-12-23-20(15)27-14-6-2-1-3-7-14/h1-4,6-8,12,16,21H,5,9-11,13H2,(H,22,26). The Hall–Kier alpha value is -3.26. The molecule has 1 aliphatic heterocycles. The molecule has 0 aliphatic carbocycles. The highest BCUT2D eigenvalue weighted by atomic mass is 16.5. The maximum absolute atomic E-state index is 12.0. The van der Waals surface area contributed by atoms with Crippen LogP contribution < -0.4 is 15.4 Å². The van der Waals surface area contributed by atoms with Crippen LogP contribution in [0.5, 0.6) is 11.6 Å². The Morgan fingerprint density at radius 3 is 2.96 bits per heavy atom. The van der Waals surface area contributed by atoms with Gasteiger partial charge in [-0.25, -0.2) is 4.98 Å². The van der Waals surface area contributed by atoms with Gasteiger partial charge in [-0.1, -0.05) is 23.4 Å². The molecule has 3 aromatic rings. The van der Waals surface area contributed by atoms with E-state index in [1.807, 2.05) is 36.4 Å². The highest BCUT2D eigenvalue weighted by molar-refractivity contribution is 5.81. The van der Waals surface area contributed by atoms with Gasteiger partial charge < -0.3 is 19.9 Å². The number of aromatic nitrogens is 3. The molecule has 4 rings (SSSR count). The molecule has 0 bridgehead atoms. The zero-order valence-corrected chi connectivity index (χ0v) is 15.3. The number of rotatable bonds is 7. The minimum Gasteiger partial charge on any atom is -0.438 e. The molecule has 3 heterocycles. The summed E-state index contributed by atoms with van der Waals surface area (Å²) in [5.74, 6) is 1.95. The number of amides is 1.